The molecule has 1 aromatic carbocycles. The van der Waals surface area contributed by atoms with Gasteiger partial charge in [-0.3, -0.25) is 10.1 Å². The van der Waals surface area contributed by atoms with Crippen molar-refractivity contribution < 1.29 is 14.5 Å². The molecule has 5 fully saturated rings. The van der Waals surface area contributed by atoms with Crippen LogP contribution in [0.4, 0.5) is 16.2 Å². The van der Waals surface area contributed by atoms with Crippen LogP contribution in [0.1, 0.15) is 44.9 Å². The number of benzene rings is 1. The minimum absolute atomic E-state index is 0.000834. The Morgan fingerprint density at radius 3 is 2.29 bits per heavy atom. The Labute approximate surface area is 187 Å². The van der Waals surface area contributed by atoms with E-state index in [4.69, 9.17) is 16.3 Å². The molecule has 7 nitrogen and oxygen atoms in total. The Kier molecular flexibility index (Phi) is 5.49. The zero-order valence-corrected chi connectivity index (χ0v) is 18.6. The van der Waals surface area contributed by atoms with Gasteiger partial charge < -0.3 is 14.5 Å². The highest BCUT2D eigenvalue weighted by Crippen LogP contribution is 2.61. The molecule has 4 aliphatic carbocycles. The molecule has 4 saturated carbocycles. The number of carbonyl (C=O) groups is 1. The van der Waals surface area contributed by atoms with Crippen molar-refractivity contribution in [2.24, 2.45) is 23.2 Å². The van der Waals surface area contributed by atoms with E-state index in [1.165, 1.54) is 44.6 Å². The van der Waals surface area contributed by atoms with Gasteiger partial charge in [0.1, 0.15) is 5.69 Å². The van der Waals surface area contributed by atoms with Gasteiger partial charge in [0.15, 0.2) is 0 Å². The van der Waals surface area contributed by atoms with Crippen LogP contribution in [0.15, 0.2) is 18.2 Å². The average Bonchev–Trinajstić information content (AvgIpc) is 2.72. The first-order valence-corrected chi connectivity index (χ1v) is 11.9. The van der Waals surface area contributed by atoms with Crippen LogP contribution in [0, 0.1) is 33.3 Å². The zero-order chi connectivity index (χ0) is 21.6. The summed E-state index contributed by atoms with van der Waals surface area (Å²) in [5, 5.41) is 11.7. The molecule has 1 saturated heterocycles. The second-order valence-electron chi connectivity index (χ2n) is 10.1. The molecule has 31 heavy (non-hydrogen) atoms. The predicted molar refractivity (Wildman–Crippen MR) is 118 cm³/mol. The average molecular weight is 448 g/mol. The Balaban J connectivity index is 1.12. The van der Waals surface area contributed by atoms with Gasteiger partial charge in [-0.2, -0.15) is 0 Å². The van der Waals surface area contributed by atoms with Crippen molar-refractivity contribution in [3.63, 3.8) is 0 Å². The highest BCUT2D eigenvalue weighted by Gasteiger charge is 2.50. The molecule has 1 heterocycles. The van der Waals surface area contributed by atoms with Gasteiger partial charge in [0.25, 0.3) is 5.69 Å². The molecule has 0 atom stereocenters. The van der Waals surface area contributed by atoms with Crippen LogP contribution in [0.5, 0.6) is 0 Å². The van der Waals surface area contributed by atoms with Crippen LogP contribution in [-0.2, 0) is 4.74 Å². The molecule has 4 bridgehead atoms. The lowest BCUT2D eigenvalue weighted by molar-refractivity contribution is -0.384. The summed E-state index contributed by atoms with van der Waals surface area (Å²) in [5.74, 6) is 2.73. The van der Waals surface area contributed by atoms with Crippen molar-refractivity contribution >= 4 is 29.1 Å². The molecule has 1 aliphatic heterocycles. The van der Waals surface area contributed by atoms with Crippen molar-refractivity contribution in [1.82, 2.24) is 4.90 Å². The lowest BCUT2D eigenvalue weighted by Gasteiger charge is -2.57. The fraction of sp³-hybridized carbons (Fsp3) is 0.696. The standard InChI is InChI=1S/C23H30ClN3O4/c24-19-1-2-20(21(12-19)27(29)30)25-4-6-26(7-5-25)22(28)31-8-3-23-13-16-9-17(14-23)11-18(10-16)15-23/h1-2,12,16-18H,3-11,13-15H2. The highest BCUT2D eigenvalue weighted by atomic mass is 35.5. The van der Waals surface area contributed by atoms with Gasteiger partial charge in [-0.15, -0.1) is 0 Å². The van der Waals surface area contributed by atoms with Crippen LogP contribution in [0.3, 0.4) is 0 Å². The molecule has 0 radical (unpaired) electrons. The molecule has 0 unspecified atom stereocenters. The maximum Gasteiger partial charge on any atom is 0.409 e. The van der Waals surface area contributed by atoms with Gasteiger partial charge in [-0.05, 0) is 80.2 Å². The quantitative estimate of drug-likeness (QED) is 0.463. The van der Waals surface area contributed by atoms with E-state index in [0.29, 0.717) is 48.9 Å². The van der Waals surface area contributed by atoms with Crippen molar-refractivity contribution in [3.05, 3.63) is 33.3 Å². The fourth-order valence-corrected chi connectivity index (χ4v) is 7.25. The third-order valence-corrected chi connectivity index (χ3v) is 8.27. The number of ether oxygens (including phenoxy) is 1. The topological polar surface area (TPSA) is 75.9 Å². The normalized spacial score (nSPS) is 31.7. The summed E-state index contributed by atoms with van der Waals surface area (Å²) >= 11 is 5.92. The van der Waals surface area contributed by atoms with Crippen molar-refractivity contribution in [1.29, 1.82) is 0 Å². The summed E-state index contributed by atoms with van der Waals surface area (Å²) in [6.45, 7) is 2.57. The molecule has 8 heteroatoms. The zero-order valence-electron chi connectivity index (χ0n) is 17.8. The Hall–Kier alpha value is -2.02. The van der Waals surface area contributed by atoms with Gasteiger partial charge in [-0.1, -0.05) is 11.6 Å². The Morgan fingerprint density at radius 1 is 1.10 bits per heavy atom. The summed E-state index contributed by atoms with van der Waals surface area (Å²) in [6, 6.07) is 4.72. The molecule has 6 rings (SSSR count). The van der Waals surface area contributed by atoms with Crippen LogP contribution >= 0.6 is 11.6 Å². The number of hydrogen-bond donors (Lipinski definition) is 0. The molecule has 1 aromatic rings. The summed E-state index contributed by atoms with van der Waals surface area (Å²) in [4.78, 5) is 27.2. The van der Waals surface area contributed by atoms with Gasteiger partial charge in [0.05, 0.1) is 11.5 Å². The molecule has 0 N–H and O–H groups in total. The second kappa shape index (κ2) is 8.15. The molecular weight excluding hydrogens is 418 g/mol. The van der Waals surface area contributed by atoms with Crippen LogP contribution in [0.25, 0.3) is 0 Å². The minimum atomic E-state index is -0.410. The Bertz CT molecular complexity index is 833. The summed E-state index contributed by atoms with van der Waals surface area (Å²) in [7, 11) is 0. The number of nitro benzene ring substituents is 1. The molecule has 0 spiro atoms. The third kappa shape index (κ3) is 4.21. The van der Waals surface area contributed by atoms with Gasteiger partial charge >= 0.3 is 6.09 Å². The maximum absolute atomic E-state index is 12.6. The van der Waals surface area contributed by atoms with E-state index in [1.54, 1.807) is 17.0 Å². The minimum Gasteiger partial charge on any atom is -0.449 e. The number of nitro groups is 1. The Morgan fingerprint density at radius 2 is 1.71 bits per heavy atom. The van der Waals surface area contributed by atoms with Crippen molar-refractivity contribution in [2.45, 2.75) is 44.9 Å². The monoisotopic (exact) mass is 447 g/mol. The molecule has 5 aliphatic rings. The first-order valence-electron chi connectivity index (χ1n) is 11.5. The first kappa shape index (κ1) is 20.9. The summed E-state index contributed by atoms with van der Waals surface area (Å²) in [5.41, 5.74) is 0.963. The predicted octanol–water partition coefficient (Wildman–Crippen LogP) is 5.11. The number of hydrogen-bond acceptors (Lipinski definition) is 5. The van der Waals surface area contributed by atoms with E-state index < -0.39 is 4.92 Å². The van der Waals surface area contributed by atoms with Crippen molar-refractivity contribution in [3.8, 4) is 0 Å². The second-order valence-corrected chi connectivity index (χ2v) is 10.6. The van der Waals surface area contributed by atoms with E-state index >= 15 is 0 Å². The van der Waals surface area contributed by atoms with Crippen LogP contribution in [0.2, 0.25) is 5.02 Å². The van der Waals surface area contributed by atoms with Crippen LogP contribution < -0.4 is 4.90 Å². The first-order chi connectivity index (χ1) is 14.9. The van der Waals surface area contributed by atoms with Crippen molar-refractivity contribution in [2.75, 3.05) is 37.7 Å². The number of anilines is 1. The smallest absolute Gasteiger partial charge is 0.409 e. The number of carbonyl (C=O) groups excluding carboxylic acids is 1. The molecule has 168 valence electrons. The van der Waals surface area contributed by atoms with E-state index in [9.17, 15) is 14.9 Å². The lowest BCUT2D eigenvalue weighted by Crippen LogP contribution is -2.49. The number of piperazine rings is 1. The van der Waals surface area contributed by atoms with E-state index in [-0.39, 0.29) is 11.8 Å². The fourth-order valence-electron chi connectivity index (χ4n) is 7.08. The largest absolute Gasteiger partial charge is 0.449 e. The third-order valence-electron chi connectivity index (χ3n) is 8.04. The number of amides is 1. The van der Waals surface area contributed by atoms with Gasteiger partial charge in [-0.25, -0.2) is 4.79 Å². The number of nitrogens with zero attached hydrogens (tertiary/aromatic N) is 3. The van der Waals surface area contributed by atoms with Crippen LogP contribution in [-0.4, -0.2) is 48.7 Å². The summed E-state index contributed by atoms with van der Waals surface area (Å²) < 4.78 is 5.68. The molecular formula is C23H30ClN3O4. The van der Waals surface area contributed by atoms with E-state index in [2.05, 4.69) is 0 Å². The summed E-state index contributed by atoms with van der Waals surface area (Å²) in [6.07, 6.45) is 9.01. The molecule has 1 amide bonds. The van der Waals surface area contributed by atoms with Gasteiger partial charge in [0, 0.05) is 37.3 Å². The highest BCUT2D eigenvalue weighted by molar-refractivity contribution is 6.30. The van der Waals surface area contributed by atoms with E-state index in [0.717, 1.165) is 24.2 Å². The van der Waals surface area contributed by atoms with E-state index in [1.807, 2.05) is 4.90 Å². The maximum atomic E-state index is 12.6. The van der Waals surface area contributed by atoms with Gasteiger partial charge in [0.2, 0.25) is 0 Å². The number of rotatable bonds is 5. The lowest BCUT2D eigenvalue weighted by atomic mass is 9.49. The SMILES string of the molecule is O=C(OCCC12CC3CC(CC(C3)C1)C2)N1CCN(c2ccc(Cl)cc2[N+](=O)[O-])CC1. The molecule has 0 aromatic heterocycles. The number of halogens is 1.